The summed E-state index contributed by atoms with van der Waals surface area (Å²) < 4.78 is 7.30. The average Bonchev–Trinajstić information content (AvgIpc) is 3.10. The zero-order chi connectivity index (χ0) is 13.2. The summed E-state index contributed by atoms with van der Waals surface area (Å²) in [7, 11) is 0. The Bertz CT molecular complexity index is 545. The highest BCUT2D eigenvalue weighted by molar-refractivity contribution is 7.16. The fraction of sp³-hybridized carbons (Fsp3) is 0.750. The van der Waals surface area contributed by atoms with E-state index < -0.39 is 0 Å². The number of aromatic nitrogens is 4. The Hall–Kier alpha value is -1.05. The predicted octanol–water partition coefficient (Wildman–Crippen LogP) is 1.53. The van der Waals surface area contributed by atoms with Crippen molar-refractivity contribution in [1.29, 1.82) is 0 Å². The van der Waals surface area contributed by atoms with Crippen LogP contribution in [0.15, 0.2) is 0 Å². The van der Waals surface area contributed by atoms with Gasteiger partial charge in [-0.15, -0.1) is 10.2 Å². The van der Waals surface area contributed by atoms with Crippen LogP contribution in [0.5, 0.6) is 0 Å². The average molecular weight is 281 g/mol. The van der Waals surface area contributed by atoms with Gasteiger partial charge in [0.05, 0.1) is 6.61 Å². The lowest BCUT2D eigenvalue weighted by atomic mass is 10.1. The van der Waals surface area contributed by atoms with E-state index in [4.69, 9.17) is 10.5 Å². The van der Waals surface area contributed by atoms with E-state index in [0.29, 0.717) is 18.4 Å². The molecule has 0 radical (unpaired) electrons. The van der Waals surface area contributed by atoms with Crippen molar-refractivity contribution in [3.8, 4) is 0 Å². The van der Waals surface area contributed by atoms with Crippen LogP contribution in [-0.2, 0) is 4.74 Å². The van der Waals surface area contributed by atoms with Crippen molar-refractivity contribution in [2.75, 3.05) is 19.8 Å². The zero-order valence-electron chi connectivity index (χ0n) is 11.1. The summed E-state index contributed by atoms with van der Waals surface area (Å²) in [5, 5.41) is 14.3. The molecule has 2 aromatic heterocycles. The van der Waals surface area contributed by atoms with Gasteiger partial charge in [0.15, 0.2) is 5.82 Å². The normalized spacial score (nSPS) is 21.3. The van der Waals surface area contributed by atoms with Crippen LogP contribution in [0.2, 0.25) is 0 Å². The number of ether oxygens (including phenoxy) is 1. The van der Waals surface area contributed by atoms with Crippen molar-refractivity contribution in [3.63, 3.8) is 0 Å². The highest BCUT2D eigenvalue weighted by Crippen LogP contribution is 2.29. The highest BCUT2D eigenvalue weighted by Gasteiger charge is 2.25. The number of nitrogens with two attached hydrogens (primary N) is 1. The van der Waals surface area contributed by atoms with E-state index in [9.17, 15) is 0 Å². The molecule has 2 atom stereocenters. The molecule has 19 heavy (non-hydrogen) atoms. The predicted molar refractivity (Wildman–Crippen MR) is 73.5 cm³/mol. The van der Waals surface area contributed by atoms with Gasteiger partial charge in [-0.1, -0.05) is 24.7 Å². The first-order valence-electron chi connectivity index (χ1n) is 6.83. The largest absolute Gasteiger partial charge is 0.381 e. The Morgan fingerprint density at radius 3 is 3.11 bits per heavy atom. The van der Waals surface area contributed by atoms with Gasteiger partial charge in [0.25, 0.3) is 0 Å². The van der Waals surface area contributed by atoms with Crippen LogP contribution < -0.4 is 5.73 Å². The Balaban J connectivity index is 1.92. The summed E-state index contributed by atoms with van der Waals surface area (Å²) >= 11 is 1.61. The minimum Gasteiger partial charge on any atom is -0.381 e. The van der Waals surface area contributed by atoms with Crippen molar-refractivity contribution < 1.29 is 4.74 Å². The summed E-state index contributed by atoms with van der Waals surface area (Å²) in [5.74, 6) is 1.60. The van der Waals surface area contributed by atoms with E-state index in [1.807, 2.05) is 4.52 Å². The van der Waals surface area contributed by atoms with Gasteiger partial charge >= 0.3 is 0 Å². The Kier molecular flexibility index (Phi) is 3.76. The van der Waals surface area contributed by atoms with Gasteiger partial charge in [-0.25, -0.2) is 0 Å². The van der Waals surface area contributed by atoms with E-state index in [1.165, 1.54) is 0 Å². The second-order valence-corrected chi connectivity index (χ2v) is 5.96. The number of nitrogens with zero attached hydrogens (tertiary/aromatic N) is 4. The van der Waals surface area contributed by atoms with Crippen molar-refractivity contribution in [1.82, 2.24) is 19.8 Å². The molecule has 2 aromatic rings. The molecule has 1 aliphatic heterocycles. The lowest BCUT2D eigenvalue weighted by Crippen LogP contribution is -2.13. The van der Waals surface area contributed by atoms with Crippen molar-refractivity contribution in [3.05, 3.63) is 10.8 Å². The Morgan fingerprint density at radius 2 is 2.42 bits per heavy atom. The third-order valence-corrected chi connectivity index (χ3v) is 4.66. The molecule has 0 bridgehead atoms. The van der Waals surface area contributed by atoms with Gasteiger partial charge in [-0.2, -0.15) is 9.61 Å². The first kappa shape index (κ1) is 13.0. The van der Waals surface area contributed by atoms with Gasteiger partial charge in [-0.05, 0) is 12.8 Å². The van der Waals surface area contributed by atoms with Crippen LogP contribution in [0, 0.1) is 0 Å². The minimum atomic E-state index is 0.326. The molecule has 0 spiro atoms. The summed E-state index contributed by atoms with van der Waals surface area (Å²) in [6.07, 6.45) is 3.19. The highest BCUT2D eigenvalue weighted by atomic mass is 32.1. The molecule has 2 unspecified atom stereocenters. The second-order valence-electron chi connectivity index (χ2n) is 4.97. The molecule has 0 aromatic carbocycles. The monoisotopic (exact) mass is 281 g/mol. The third kappa shape index (κ3) is 2.37. The van der Waals surface area contributed by atoms with E-state index in [0.717, 1.165) is 48.3 Å². The maximum Gasteiger partial charge on any atom is 0.234 e. The van der Waals surface area contributed by atoms with Crippen LogP contribution >= 0.6 is 11.3 Å². The molecule has 0 saturated carbocycles. The molecule has 1 saturated heterocycles. The molecule has 3 heterocycles. The molecular formula is C12H19N5OS. The van der Waals surface area contributed by atoms with Crippen LogP contribution in [0.4, 0.5) is 0 Å². The second kappa shape index (κ2) is 5.52. The van der Waals surface area contributed by atoms with E-state index in [1.54, 1.807) is 11.3 Å². The van der Waals surface area contributed by atoms with E-state index >= 15 is 0 Å². The van der Waals surface area contributed by atoms with Crippen LogP contribution in [0.3, 0.4) is 0 Å². The van der Waals surface area contributed by atoms with Crippen LogP contribution in [0.25, 0.3) is 4.96 Å². The quantitative estimate of drug-likeness (QED) is 0.899. The van der Waals surface area contributed by atoms with Crippen LogP contribution in [0.1, 0.15) is 48.9 Å². The molecule has 104 valence electrons. The standard InChI is InChI=1S/C12H19N5OS/c1-2-3-8(6-13)11-16-17-10(9-4-5-18-7-9)14-15-12(17)19-11/h8-9H,2-7,13H2,1H3. The van der Waals surface area contributed by atoms with Crippen molar-refractivity contribution in [2.24, 2.45) is 5.73 Å². The Labute approximate surface area is 116 Å². The first-order chi connectivity index (χ1) is 9.33. The van der Waals surface area contributed by atoms with E-state index in [2.05, 4.69) is 22.2 Å². The number of hydrogen-bond acceptors (Lipinski definition) is 6. The minimum absolute atomic E-state index is 0.326. The molecule has 1 fully saturated rings. The summed E-state index contributed by atoms with van der Waals surface area (Å²) in [6, 6.07) is 0. The van der Waals surface area contributed by atoms with Crippen molar-refractivity contribution in [2.45, 2.75) is 38.0 Å². The topological polar surface area (TPSA) is 78.3 Å². The molecule has 0 aliphatic carbocycles. The molecule has 3 rings (SSSR count). The maximum absolute atomic E-state index is 5.84. The maximum atomic E-state index is 5.84. The van der Waals surface area contributed by atoms with Gasteiger partial charge in [0, 0.05) is 25.0 Å². The van der Waals surface area contributed by atoms with Gasteiger partial charge in [-0.3, -0.25) is 0 Å². The first-order valence-corrected chi connectivity index (χ1v) is 7.65. The lowest BCUT2D eigenvalue weighted by molar-refractivity contribution is 0.193. The summed E-state index contributed by atoms with van der Waals surface area (Å²) in [6.45, 7) is 4.34. The number of fused-ring (bicyclic) bond motifs is 1. The fourth-order valence-corrected chi connectivity index (χ4v) is 3.49. The molecule has 6 nitrogen and oxygen atoms in total. The smallest absolute Gasteiger partial charge is 0.234 e. The van der Waals surface area contributed by atoms with Gasteiger partial charge in [0.1, 0.15) is 5.01 Å². The van der Waals surface area contributed by atoms with Crippen LogP contribution in [-0.4, -0.2) is 39.6 Å². The van der Waals surface area contributed by atoms with E-state index in [-0.39, 0.29) is 0 Å². The molecular weight excluding hydrogens is 262 g/mol. The molecule has 1 aliphatic rings. The van der Waals surface area contributed by atoms with Gasteiger partial charge in [0.2, 0.25) is 4.96 Å². The van der Waals surface area contributed by atoms with Gasteiger partial charge < -0.3 is 10.5 Å². The lowest BCUT2D eigenvalue weighted by Gasteiger charge is -2.08. The number of hydrogen-bond donors (Lipinski definition) is 1. The SMILES string of the molecule is CCCC(CN)c1nn2c(C3CCOC3)nnc2s1. The zero-order valence-corrected chi connectivity index (χ0v) is 11.9. The molecule has 0 amide bonds. The number of rotatable bonds is 5. The summed E-state index contributed by atoms with van der Waals surface area (Å²) in [5.41, 5.74) is 5.84. The summed E-state index contributed by atoms with van der Waals surface area (Å²) in [4.78, 5) is 0.867. The third-order valence-electron chi connectivity index (χ3n) is 3.60. The molecule has 7 heteroatoms. The molecule has 2 N–H and O–H groups in total. The van der Waals surface area contributed by atoms with Crippen molar-refractivity contribution >= 4 is 16.3 Å². The Morgan fingerprint density at radius 1 is 1.53 bits per heavy atom. The fourth-order valence-electron chi connectivity index (χ4n) is 2.50.